The fourth-order valence-electron chi connectivity index (χ4n) is 2.23. The molecule has 0 aromatic heterocycles. The fourth-order valence-corrected chi connectivity index (χ4v) is 3.50. The Morgan fingerprint density at radius 3 is 2.39 bits per heavy atom. The fraction of sp³-hybridized carbons (Fsp3) is 0.412. The summed E-state index contributed by atoms with van der Waals surface area (Å²) in [7, 11) is 0. The zero-order valence-electron chi connectivity index (χ0n) is 11.9. The van der Waals surface area contributed by atoms with Crippen LogP contribution < -0.4 is 0 Å². The van der Waals surface area contributed by atoms with E-state index in [0.29, 0.717) is 11.2 Å². The van der Waals surface area contributed by atoms with Crippen LogP contribution in [-0.4, -0.2) is 5.25 Å². The number of rotatable bonds is 2. The minimum atomic E-state index is 0.566. The molecule has 0 radical (unpaired) electrons. The van der Waals surface area contributed by atoms with Crippen molar-refractivity contribution in [1.82, 2.24) is 0 Å². The Morgan fingerprint density at radius 1 is 1.00 bits per heavy atom. The molecule has 0 amide bonds. The smallest absolute Gasteiger partial charge is 0.0340 e. The molecular weight excluding hydrogens is 236 g/mol. The SMILES string of the molecule is CC1=C(C)C(C)C(Sc2ccc(C)c(C)c2)C=C1. The number of allylic oxidation sites excluding steroid dienone is 3. The van der Waals surface area contributed by atoms with Gasteiger partial charge in [-0.25, -0.2) is 0 Å². The van der Waals surface area contributed by atoms with Crippen LogP contribution in [0.1, 0.15) is 31.9 Å². The molecule has 0 N–H and O–H groups in total. The molecule has 0 heterocycles. The monoisotopic (exact) mass is 258 g/mol. The molecule has 1 aliphatic rings. The van der Waals surface area contributed by atoms with Crippen LogP contribution in [0.25, 0.3) is 0 Å². The van der Waals surface area contributed by atoms with Crippen molar-refractivity contribution in [3.05, 3.63) is 52.6 Å². The highest BCUT2D eigenvalue weighted by Gasteiger charge is 2.21. The summed E-state index contributed by atoms with van der Waals surface area (Å²) in [6.45, 7) is 11.2. The number of thioether (sulfide) groups is 1. The summed E-state index contributed by atoms with van der Waals surface area (Å²) in [6, 6.07) is 6.78. The summed E-state index contributed by atoms with van der Waals surface area (Å²) >= 11 is 1.98. The normalized spacial score (nSPS) is 23.6. The van der Waals surface area contributed by atoms with Crippen molar-refractivity contribution in [3.8, 4) is 0 Å². The minimum Gasteiger partial charge on any atom is -0.118 e. The van der Waals surface area contributed by atoms with E-state index >= 15 is 0 Å². The second-order valence-corrected chi connectivity index (χ2v) is 6.59. The summed E-state index contributed by atoms with van der Waals surface area (Å²) in [5, 5.41) is 0.566. The van der Waals surface area contributed by atoms with Crippen LogP contribution in [0, 0.1) is 19.8 Å². The van der Waals surface area contributed by atoms with E-state index in [0.717, 1.165) is 0 Å². The predicted octanol–water partition coefficient (Wildman–Crippen LogP) is 5.31. The Balaban J connectivity index is 2.16. The van der Waals surface area contributed by atoms with E-state index in [1.807, 2.05) is 11.8 Å². The molecule has 1 aromatic carbocycles. The highest BCUT2D eigenvalue weighted by atomic mass is 32.2. The predicted molar refractivity (Wildman–Crippen MR) is 82.2 cm³/mol. The third-order valence-electron chi connectivity index (χ3n) is 4.08. The van der Waals surface area contributed by atoms with Gasteiger partial charge in [-0.2, -0.15) is 0 Å². The highest BCUT2D eigenvalue weighted by Crippen LogP contribution is 2.36. The summed E-state index contributed by atoms with van der Waals surface area (Å²) < 4.78 is 0. The molecule has 0 fully saturated rings. The number of benzene rings is 1. The molecule has 2 unspecified atom stereocenters. The summed E-state index contributed by atoms with van der Waals surface area (Å²) in [6.07, 6.45) is 4.63. The Labute approximate surface area is 115 Å². The van der Waals surface area contributed by atoms with Crippen LogP contribution in [-0.2, 0) is 0 Å². The van der Waals surface area contributed by atoms with E-state index in [9.17, 15) is 0 Å². The molecule has 1 aromatic rings. The van der Waals surface area contributed by atoms with E-state index in [1.165, 1.54) is 27.2 Å². The molecule has 1 aliphatic carbocycles. The lowest BCUT2D eigenvalue weighted by Gasteiger charge is -2.26. The van der Waals surface area contributed by atoms with E-state index in [1.54, 1.807) is 0 Å². The maximum atomic E-state index is 2.35. The van der Waals surface area contributed by atoms with E-state index in [2.05, 4.69) is 65.0 Å². The topological polar surface area (TPSA) is 0 Å². The van der Waals surface area contributed by atoms with Crippen molar-refractivity contribution < 1.29 is 0 Å². The van der Waals surface area contributed by atoms with Crippen molar-refractivity contribution in [3.63, 3.8) is 0 Å². The van der Waals surface area contributed by atoms with Crippen molar-refractivity contribution in [1.29, 1.82) is 0 Å². The maximum Gasteiger partial charge on any atom is 0.0340 e. The van der Waals surface area contributed by atoms with Gasteiger partial charge in [-0.15, -0.1) is 11.8 Å². The molecule has 0 saturated carbocycles. The summed E-state index contributed by atoms with van der Waals surface area (Å²) in [5.74, 6) is 0.626. The van der Waals surface area contributed by atoms with Gasteiger partial charge in [-0.3, -0.25) is 0 Å². The third-order valence-corrected chi connectivity index (χ3v) is 5.45. The Hall–Kier alpha value is -0.950. The van der Waals surface area contributed by atoms with Crippen LogP contribution in [0.2, 0.25) is 0 Å². The van der Waals surface area contributed by atoms with E-state index < -0.39 is 0 Å². The molecule has 0 spiro atoms. The van der Waals surface area contributed by atoms with Crippen molar-refractivity contribution >= 4 is 11.8 Å². The Kier molecular flexibility index (Phi) is 4.01. The van der Waals surface area contributed by atoms with Crippen LogP contribution in [0.5, 0.6) is 0 Å². The minimum absolute atomic E-state index is 0.566. The van der Waals surface area contributed by atoms with Gasteiger partial charge in [-0.05, 0) is 56.9 Å². The Bertz CT molecular complexity index is 508. The molecular formula is C17H22S. The number of hydrogen-bond donors (Lipinski definition) is 0. The van der Waals surface area contributed by atoms with E-state index in [4.69, 9.17) is 0 Å². The molecule has 2 rings (SSSR count). The number of hydrogen-bond acceptors (Lipinski definition) is 1. The van der Waals surface area contributed by atoms with Gasteiger partial charge in [0.2, 0.25) is 0 Å². The summed E-state index contributed by atoms with van der Waals surface area (Å²) in [4.78, 5) is 1.38. The molecule has 0 nitrogen and oxygen atoms in total. The van der Waals surface area contributed by atoms with Gasteiger partial charge in [0.15, 0.2) is 0 Å². The number of aryl methyl sites for hydroxylation is 2. The van der Waals surface area contributed by atoms with Crippen LogP contribution in [0.4, 0.5) is 0 Å². The summed E-state index contributed by atoms with van der Waals surface area (Å²) in [5.41, 5.74) is 5.72. The zero-order chi connectivity index (χ0) is 13.3. The quantitative estimate of drug-likeness (QED) is 0.693. The standard InChI is InChI=1S/C17H22S/c1-11-6-8-16(10-13(11)3)18-17-9-7-12(2)14(4)15(17)5/h6-10,15,17H,1-5H3. The molecule has 1 heteroatoms. The molecule has 18 heavy (non-hydrogen) atoms. The highest BCUT2D eigenvalue weighted by molar-refractivity contribution is 8.00. The van der Waals surface area contributed by atoms with Crippen molar-refractivity contribution in [2.75, 3.05) is 0 Å². The van der Waals surface area contributed by atoms with Gasteiger partial charge in [0.25, 0.3) is 0 Å². The zero-order valence-corrected chi connectivity index (χ0v) is 12.8. The maximum absolute atomic E-state index is 2.35. The first-order chi connectivity index (χ1) is 8.49. The average Bonchev–Trinajstić information content (AvgIpc) is 2.34. The van der Waals surface area contributed by atoms with Gasteiger partial charge >= 0.3 is 0 Å². The molecule has 0 saturated heterocycles. The van der Waals surface area contributed by atoms with Crippen LogP contribution in [0.15, 0.2) is 46.4 Å². The molecule has 0 aliphatic heterocycles. The average molecular weight is 258 g/mol. The molecule has 96 valence electrons. The Morgan fingerprint density at radius 2 is 1.72 bits per heavy atom. The first kappa shape index (κ1) is 13.5. The first-order valence-electron chi connectivity index (χ1n) is 6.58. The van der Waals surface area contributed by atoms with Gasteiger partial charge in [0.1, 0.15) is 0 Å². The van der Waals surface area contributed by atoms with E-state index in [-0.39, 0.29) is 0 Å². The lowest BCUT2D eigenvalue weighted by atomic mass is 9.90. The van der Waals surface area contributed by atoms with Gasteiger partial charge < -0.3 is 0 Å². The van der Waals surface area contributed by atoms with Gasteiger partial charge in [-0.1, -0.05) is 36.3 Å². The molecule has 2 atom stereocenters. The lowest BCUT2D eigenvalue weighted by molar-refractivity contribution is 0.692. The second-order valence-electron chi connectivity index (χ2n) is 5.34. The third kappa shape index (κ3) is 2.72. The van der Waals surface area contributed by atoms with Gasteiger partial charge in [0, 0.05) is 10.1 Å². The lowest BCUT2D eigenvalue weighted by Crippen LogP contribution is -2.16. The second kappa shape index (κ2) is 5.36. The van der Waals surface area contributed by atoms with Gasteiger partial charge in [0.05, 0.1) is 0 Å². The van der Waals surface area contributed by atoms with Crippen LogP contribution >= 0.6 is 11.8 Å². The largest absolute Gasteiger partial charge is 0.118 e. The van der Waals surface area contributed by atoms with Crippen molar-refractivity contribution in [2.24, 2.45) is 5.92 Å². The first-order valence-corrected chi connectivity index (χ1v) is 7.46. The molecule has 0 bridgehead atoms. The van der Waals surface area contributed by atoms with Crippen LogP contribution in [0.3, 0.4) is 0 Å². The van der Waals surface area contributed by atoms with Crippen molar-refractivity contribution in [2.45, 2.75) is 44.8 Å².